The normalized spacial score (nSPS) is 16.2. The summed E-state index contributed by atoms with van der Waals surface area (Å²) in [6.45, 7) is 6.89. The second-order valence-electron chi connectivity index (χ2n) is 6.50. The van der Waals surface area contributed by atoms with Crippen LogP contribution in [-0.2, 0) is 4.79 Å². The maximum absolute atomic E-state index is 13.0. The summed E-state index contributed by atoms with van der Waals surface area (Å²) < 4.78 is 5.65. The topological polar surface area (TPSA) is 29.5 Å². The van der Waals surface area contributed by atoms with Crippen molar-refractivity contribution in [3.63, 3.8) is 0 Å². The minimum absolute atomic E-state index is 0.00766. The van der Waals surface area contributed by atoms with Crippen LogP contribution in [0, 0.1) is 0 Å². The summed E-state index contributed by atoms with van der Waals surface area (Å²) in [6.07, 6.45) is 7.73. The highest BCUT2D eigenvalue weighted by atomic mass is 16.5. The molecule has 23 heavy (non-hydrogen) atoms. The Hall–Kier alpha value is -1.51. The number of likely N-dealkylation sites (tertiary alicyclic amines) is 1. The Morgan fingerprint density at radius 1 is 1.09 bits per heavy atom. The number of hydrogen-bond acceptors (Lipinski definition) is 2. The second kappa shape index (κ2) is 9.59. The Labute approximate surface area is 141 Å². The van der Waals surface area contributed by atoms with E-state index in [0.29, 0.717) is 5.91 Å². The van der Waals surface area contributed by atoms with Crippen LogP contribution >= 0.6 is 0 Å². The van der Waals surface area contributed by atoms with Crippen molar-refractivity contribution in [3.05, 3.63) is 29.8 Å². The molecule has 2 rings (SSSR count). The van der Waals surface area contributed by atoms with Crippen molar-refractivity contribution in [1.29, 1.82) is 0 Å². The molecule has 1 fully saturated rings. The molecule has 3 heteroatoms. The fourth-order valence-electron chi connectivity index (χ4n) is 3.19. The average Bonchev–Trinajstić information content (AvgIpc) is 2.61. The maximum atomic E-state index is 13.0. The molecule has 1 aromatic rings. The van der Waals surface area contributed by atoms with E-state index in [-0.39, 0.29) is 5.92 Å². The summed E-state index contributed by atoms with van der Waals surface area (Å²) in [6, 6.07) is 8.17. The highest BCUT2D eigenvalue weighted by molar-refractivity contribution is 5.83. The van der Waals surface area contributed by atoms with E-state index in [4.69, 9.17) is 4.74 Å². The van der Waals surface area contributed by atoms with Gasteiger partial charge in [0.1, 0.15) is 5.75 Å². The van der Waals surface area contributed by atoms with Gasteiger partial charge in [0.2, 0.25) is 5.91 Å². The van der Waals surface area contributed by atoms with Crippen LogP contribution < -0.4 is 4.74 Å². The van der Waals surface area contributed by atoms with E-state index < -0.39 is 0 Å². The monoisotopic (exact) mass is 317 g/mol. The second-order valence-corrected chi connectivity index (χ2v) is 6.50. The highest BCUT2D eigenvalue weighted by Gasteiger charge is 2.26. The van der Waals surface area contributed by atoms with Gasteiger partial charge >= 0.3 is 0 Å². The smallest absolute Gasteiger partial charge is 0.230 e. The third kappa shape index (κ3) is 5.26. The Kier molecular flexibility index (Phi) is 7.44. The molecule has 0 saturated carbocycles. The predicted octanol–water partition coefficient (Wildman–Crippen LogP) is 4.76. The van der Waals surface area contributed by atoms with E-state index in [1.807, 2.05) is 12.1 Å². The van der Waals surface area contributed by atoms with Crippen LogP contribution in [0.2, 0.25) is 0 Å². The zero-order chi connectivity index (χ0) is 16.5. The van der Waals surface area contributed by atoms with Gasteiger partial charge in [0.05, 0.1) is 12.5 Å². The van der Waals surface area contributed by atoms with Crippen molar-refractivity contribution < 1.29 is 9.53 Å². The Morgan fingerprint density at radius 2 is 1.78 bits per heavy atom. The van der Waals surface area contributed by atoms with Gasteiger partial charge in [0, 0.05) is 13.1 Å². The van der Waals surface area contributed by atoms with E-state index >= 15 is 0 Å². The molecular weight excluding hydrogens is 286 g/mol. The molecule has 1 unspecified atom stereocenters. The molecule has 1 heterocycles. The quantitative estimate of drug-likeness (QED) is 0.691. The zero-order valence-electron chi connectivity index (χ0n) is 14.7. The van der Waals surface area contributed by atoms with Crippen molar-refractivity contribution in [1.82, 2.24) is 4.90 Å². The van der Waals surface area contributed by atoms with E-state index in [0.717, 1.165) is 69.5 Å². The van der Waals surface area contributed by atoms with Gasteiger partial charge in [0.15, 0.2) is 0 Å². The zero-order valence-corrected chi connectivity index (χ0v) is 14.7. The van der Waals surface area contributed by atoms with Gasteiger partial charge < -0.3 is 9.64 Å². The van der Waals surface area contributed by atoms with Gasteiger partial charge in [-0.3, -0.25) is 4.79 Å². The fourth-order valence-corrected chi connectivity index (χ4v) is 3.19. The lowest BCUT2D eigenvalue weighted by Crippen LogP contribution is -2.38. The molecule has 0 aliphatic carbocycles. The molecule has 1 aliphatic rings. The average molecular weight is 317 g/mol. The summed E-state index contributed by atoms with van der Waals surface area (Å²) in [5, 5.41) is 0. The van der Waals surface area contributed by atoms with Crippen LogP contribution in [0.25, 0.3) is 0 Å². The van der Waals surface area contributed by atoms with Gasteiger partial charge in [-0.2, -0.15) is 0 Å². The van der Waals surface area contributed by atoms with E-state index in [9.17, 15) is 4.79 Å². The predicted molar refractivity (Wildman–Crippen MR) is 94.9 cm³/mol. The molecule has 1 saturated heterocycles. The van der Waals surface area contributed by atoms with Crippen LogP contribution in [-0.4, -0.2) is 30.5 Å². The molecule has 1 amide bonds. The molecule has 0 aromatic heterocycles. The number of ether oxygens (including phenoxy) is 1. The number of carbonyl (C=O) groups is 1. The summed E-state index contributed by atoms with van der Waals surface area (Å²) in [5.74, 6) is 1.23. The standard InChI is InChI=1S/C20H31NO2/c1-3-5-9-19(20(22)21-14-7-6-8-15-21)17-10-12-18(13-11-17)23-16-4-2/h10-13,19H,3-9,14-16H2,1-2H3. The lowest BCUT2D eigenvalue weighted by molar-refractivity contribution is -0.133. The van der Waals surface area contributed by atoms with E-state index in [1.165, 1.54) is 6.42 Å². The molecule has 1 atom stereocenters. The summed E-state index contributed by atoms with van der Waals surface area (Å²) in [7, 11) is 0. The van der Waals surface area contributed by atoms with Crippen molar-refractivity contribution in [2.45, 2.75) is 64.7 Å². The minimum Gasteiger partial charge on any atom is -0.494 e. The van der Waals surface area contributed by atoms with Gasteiger partial charge in [-0.1, -0.05) is 38.8 Å². The van der Waals surface area contributed by atoms with Crippen LogP contribution in [0.3, 0.4) is 0 Å². The molecule has 1 aliphatic heterocycles. The van der Waals surface area contributed by atoms with E-state index in [2.05, 4.69) is 30.9 Å². The number of benzene rings is 1. The number of piperidine rings is 1. The molecule has 1 aromatic carbocycles. The number of unbranched alkanes of at least 4 members (excludes halogenated alkanes) is 1. The first-order valence-electron chi connectivity index (χ1n) is 9.27. The first-order valence-corrected chi connectivity index (χ1v) is 9.27. The van der Waals surface area contributed by atoms with E-state index in [1.54, 1.807) is 0 Å². The SMILES string of the molecule is CCCCC(C(=O)N1CCCCC1)c1ccc(OCCC)cc1. The molecule has 128 valence electrons. The first kappa shape index (κ1) is 17.8. The first-order chi connectivity index (χ1) is 11.3. The van der Waals surface area contributed by atoms with Crippen LogP contribution in [0.15, 0.2) is 24.3 Å². The Bertz CT molecular complexity index is 463. The van der Waals surface area contributed by atoms with Crippen molar-refractivity contribution in [2.75, 3.05) is 19.7 Å². The van der Waals surface area contributed by atoms with Gasteiger partial charge in [0.25, 0.3) is 0 Å². The van der Waals surface area contributed by atoms with Crippen molar-refractivity contribution in [2.24, 2.45) is 0 Å². The maximum Gasteiger partial charge on any atom is 0.230 e. The van der Waals surface area contributed by atoms with Crippen LogP contribution in [0.1, 0.15) is 70.3 Å². The summed E-state index contributed by atoms with van der Waals surface area (Å²) in [5.41, 5.74) is 1.14. The van der Waals surface area contributed by atoms with Crippen molar-refractivity contribution >= 4 is 5.91 Å². The molecule has 0 N–H and O–H groups in total. The molecule has 0 radical (unpaired) electrons. The lowest BCUT2D eigenvalue weighted by atomic mass is 9.91. The molecule has 0 bridgehead atoms. The van der Waals surface area contributed by atoms with Crippen molar-refractivity contribution in [3.8, 4) is 5.75 Å². The summed E-state index contributed by atoms with van der Waals surface area (Å²) in [4.78, 5) is 15.0. The molecule has 0 spiro atoms. The minimum atomic E-state index is 0.00766. The molecular formula is C20H31NO2. The van der Waals surface area contributed by atoms with Crippen LogP contribution in [0.5, 0.6) is 5.75 Å². The largest absolute Gasteiger partial charge is 0.494 e. The number of amides is 1. The van der Waals surface area contributed by atoms with Gasteiger partial charge in [-0.15, -0.1) is 0 Å². The third-order valence-electron chi connectivity index (χ3n) is 4.57. The summed E-state index contributed by atoms with van der Waals surface area (Å²) >= 11 is 0. The Balaban J connectivity index is 2.08. The fraction of sp³-hybridized carbons (Fsp3) is 0.650. The highest BCUT2D eigenvalue weighted by Crippen LogP contribution is 2.27. The number of nitrogens with zero attached hydrogens (tertiary/aromatic N) is 1. The third-order valence-corrected chi connectivity index (χ3v) is 4.57. The number of carbonyl (C=O) groups excluding carboxylic acids is 1. The van der Waals surface area contributed by atoms with Gasteiger partial charge in [-0.25, -0.2) is 0 Å². The Morgan fingerprint density at radius 3 is 2.39 bits per heavy atom. The number of hydrogen-bond donors (Lipinski definition) is 0. The van der Waals surface area contributed by atoms with Crippen LogP contribution in [0.4, 0.5) is 0 Å². The lowest BCUT2D eigenvalue weighted by Gasteiger charge is -2.30. The number of rotatable bonds is 8. The molecule has 3 nitrogen and oxygen atoms in total. The van der Waals surface area contributed by atoms with Gasteiger partial charge in [-0.05, 0) is 49.8 Å².